The zero-order chi connectivity index (χ0) is 19.6. The molecule has 3 aromatic rings. The maximum atomic E-state index is 12.2. The van der Waals surface area contributed by atoms with Gasteiger partial charge in [0.1, 0.15) is 11.5 Å². The zero-order valence-electron chi connectivity index (χ0n) is 15.9. The van der Waals surface area contributed by atoms with Crippen LogP contribution in [0, 0.1) is 0 Å². The molecule has 3 aromatic carbocycles. The molecule has 0 bridgehead atoms. The summed E-state index contributed by atoms with van der Waals surface area (Å²) in [6.07, 6.45) is 0.712. The summed E-state index contributed by atoms with van der Waals surface area (Å²) in [5, 5.41) is 6.07. The Balaban J connectivity index is 1.49. The number of nitrogens with one attached hydrogen (secondary N) is 2. The number of carbonyl (C=O) groups is 1. The Morgan fingerprint density at radius 2 is 1.54 bits per heavy atom. The average Bonchev–Trinajstić information content (AvgIpc) is 2.74. The van der Waals surface area contributed by atoms with Gasteiger partial charge in [-0.2, -0.15) is 0 Å². The van der Waals surface area contributed by atoms with Crippen molar-refractivity contribution in [3.63, 3.8) is 0 Å². The molecule has 0 saturated carbocycles. The SMILES string of the molecule is COc1ccccc1CCNC(=O)CNc1ccccc1Oc1ccccc1. The van der Waals surface area contributed by atoms with E-state index >= 15 is 0 Å². The number of benzene rings is 3. The van der Waals surface area contributed by atoms with Gasteiger partial charge in [0.2, 0.25) is 5.91 Å². The van der Waals surface area contributed by atoms with Crippen molar-refractivity contribution < 1.29 is 14.3 Å². The van der Waals surface area contributed by atoms with E-state index in [9.17, 15) is 4.79 Å². The van der Waals surface area contributed by atoms with Crippen molar-refractivity contribution in [3.05, 3.63) is 84.4 Å². The van der Waals surface area contributed by atoms with E-state index in [0.29, 0.717) is 18.7 Å². The first kappa shape index (κ1) is 19.3. The molecule has 2 N–H and O–H groups in total. The standard InChI is InChI=1S/C23H24N2O3/c1-27-21-13-7-5-9-18(21)15-16-24-23(26)17-25-20-12-6-8-14-22(20)28-19-10-3-2-4-11-19/h2-14,25H,15-17H2,1H3,(H,24,26). The fraction of sp³-hybridized carbons (Fsp3) is 0.174. The van der Waals surface area contributed by atoms with E-state index in [1.807, 2.05) is 78.9 Å². The molecule has 0 atom stereocenters. The van der Waals surface area contributed by atoms with E-state index in [1.165, 1.54) is 0 Å². The predicted molar refractivity (Wildman–Crippen MR) is 111 cm³/mol. The average molecular weight is 376 g/mol. The Labute approximate surface area is 165 Å². The number of hydrogen-bond acceptors (Lipinski definition) is 4. The van der Waals surface area contributed by atoms with Crippen LogP contribution in [0.1, 0.15) is 5.56 Å². The van der Waals surface area contributed by atoms with Crippen molar-refractivity contribution in [3.8, 4) is 17.2 Å². The molecule has 0 fully saturated rings. The molecule has 5 nitrogen and oxygen atoms in total. The summed E-state index contributed by atoms with van der Waals surface area (Å²) in [5.41, 5.74) is 1.84. The summed E-state index contributed by atoms with van der Waals surface area (Å²) in [7, 11) is 1.65. The molecule has 0 spiro atoms. The Morgan fingerprint density at radius 3 is 2.32 bits per heavy atom. The number of methoxy groups -OCH3 is 1. The van der Waals surface area contributed by atoms with Crippen molar-refractivity contribution in [2.24, 2.45) is 0 Å². The zero-order valence-corrected chi connectivity index (χ0v) is 15.9. The van der Waals surface area contributed by atoms with Gasteiger partial charge in [-0.25, -0.2) is 0 Å². The van der Waals surface area contributed by atoms with Gasteiger partial charge in [-0.05, 0) is 42.3 Å². The number of amides is 1. The molecule has 0 aliphatic heterocycles. The highest BCUT2D eigenvalue weighted by Gasteiger charge is 2.07. The third-order valence-electron chi connectivity index (χ3n) is 4.21. The first-order valence-electron chi connectivity index (χ1n) is 9.20. The van der Waals surface area contributed by atoms with Gasteiger partial charge in [0, 0.05) is 6.54 Å². The van der Waals surface area contributed by atoms with Crippen LogP contribution in [0.4, 0.5) is 5.69 Å². The number of carbonyl (C=O) groups excluding carboxylic acids is 1. The number of anilines is 1. The number of rotatable bonds is 9. The molecule has 1 amide bonds. The second kappa shape index (κ2) is 10.0. The Bertz CT molecular complexity index is 897. The summed E-state index contributed by atoms with van der Waals surface area (Å²) in [6, 6.07) is 24.9. The second-order valence-corrected chi connectivity index (χ2v) is 6.18. The molecule has 0 aliphatic carbocycles. The van der Waals surface area contributed by atoms with Crippen LogP contribution < -0.4 is 20.1 Å². The van der Waals surface area contributed by atoms with Crippen LogP contribution in [0.25, 0.3) is 0 Å². The van der Waals surface area contributed by atoms with Crippen LogP contribution in [0.15, 0.2) is 78.9 Å². The number of hydrogen-bond donors (Lipinski definition) is 2. The first-order chi connectivity index (χ1) is 13.8. The predicted octanol–water partition coefficient (Wildman–Crippen LogP) is 4.26. The van der Waals surface area contributed by atoms with Gasteiger partial charge in [0.05, 0.1) is 19.3 Å². The highest BCUT2D eigenvalue weighted by Crippen LogP contribution is 2.28. The second-order valence-electron chi connectivity index (χ2n) is 6.18. The van der Waals surface area contributed by atoms with Crippen LogP contribution in [0.2, 0.25) is 0 Å². The Kier molecular flexibility index (Phi) is 6.90. The molecule has 144 valence electrons. The van der Waals surface area contributed by atoms with E-state index in [2.05, 4.69) is 10.6 Å². The fourth-order valence-electron chi connectivity index (χ4n) is 2.80. The van der Waals surface area contributed by atoms with Crippen molar-refractivity contribution >= 4 is 11.6 Å². The van der Waals surface area contributed by atoms with Crippen LogP contribution in [-0.4, -0.2) is 26.1 Å². The van der Waals surface area contributed by atoms with Gasteiger partial charge in [0.25, 0.3) is 0 Å². The highest BCUT2D eigenvalue weighted by molar-refractivity contribution is 5.81. The molecule has 5 heteroatoms. The summed E-state index contributed by atoms with van der Waals surface area (Å²) in [4.78, 5) is 12.2. The van der Waals surface area contributed by atoms with E-state index < -0.39 is 0 Å². The van der Waals surface area contributed by atoms with Crippen LogP contribution in [0.5, 0.6) is 17.2 Å². The lowest BCUT2D eigenvalue weighted by Crippen LogP contribution is -2.31. The molecule has 3 rings (SSSR count). The largest absolute Gasteiger partial charge is 0.496 e. The van der Waals surface area contributed by atoms with Gasteiger partial charge in [-0.15, -0.1) is 0 Å². The molecule has 28 heavy (non-hydrogen) atoms. The minimum absolute atomic E-state index is 0.0792. The molecule has 0 saturated heterocycles. The van der Waals surface area contributed by atoms with Gasteiger partial charge in [-0.1, -0.05) is 48.5 Å². The van der Waals surface area contributed by atoms with E-state index in [0.717, 1.165) is 22.7 Å². The third-order valence-corrected chi connectivity index (χ3v) is 4.21. The van der Waals surface area contributed by atoms with Crippen molar-refractivity contribution in [2.75, 3.05) is 25.5 Å². The van der Waals surface area contributed by atoms with E-state index in [4.69, 9.17) is 9.47 Å². The van der Waals surface area contributed by atoms with Crippen molar-refractivity contribution in [1.82, 2.24) is 5.32 Å². The molecule has 0 heterocycles. The number of para-hydroxylation sites is 4. The maximum Gasteiger partial charge on any atom is 0.239 e. The minimum atomic E-state index is -0.0792. The normalized spacial score (nSPS) is 10.2. The van der Waals surface area contributed by atoms with Gasteiger partial charge in [-0.3, -0.25) is 4.79 Å². The lowest BCUT2D eigenvalue weighted by atomic mass is 10.1. The van der Waals surface area contributed by atoms with Crippen molar-refractivity contribution in [1.29, 1.82) is 0 Å². The van der Waals surface area contributed by atoms with E-state index in [1.54, 1.807) is 7.11 Å². The summed E-state index contributed by atoms with van der Waals surface area (Å²) in [5.74, 6) is 2.18. The minimum Gasteiger partial charge on any atom is -0.496 e. The monoisotopic (exact) mass is 376 g/mol. The van der Waals surface area contributed by atoms with Crippen molar-refractivity contribution in [2.45, 2.75) is 6.42 Å². The number of ether oxygens (including phenoxy) is 2. The van der Waals surface area contributed by atoms with Crippen LogP contribution in [-0.2, 0) is 11.2 Å². The van der Waals surface area contributed by atoms with E-state index in [-0.39, 0.29) is 12.5 Å². The molecule has 0 aliphatic rings. The molecule has 0 radical (unpaired) electrons. The van der Waals surface area contributed by atoms with Gasteiger partial charge in [0.15, 0.2) is 5.75 Å². The molecule has 0 aromatic heterocycles. The topological polar surface area (TPSA) is 59.6 Å². The van der Waals surface area contributed by atoms with Crippen LogP contribution >= 0.6 is 0 Å². The summed E-state index contributed by atoms with van der Waals surface area (Å²) in [6.45, 7) is 0.712. The molecular weight excluding hydrogens is 352 g/mol. The molecule has 0 unspecified atom stereocenters. The van der Waals surface area contributed by atoms with Crippen LogP contribution in [0.3, 0.4) is 0 Å². The quantitative estimate of drug-likeness (QED) is 0.586. The third kappa shape index (κ3) is 5.51. The lowest BCUT2D eigenvalue weighted by Gasteiger charge is -2.13. The Hall–Kier alpha value is -3.47. The first-order valence-corrected chi connectivity index (χ1v) is 9.20. The molecular formula is C23H24N2O3. The lowest BCUT2D eigenvalue weighted by molar-refractivity contribution is -0.119. The summed E-state index contributed by atoms with van der Waals surface area (Å²) < 4.78 is 11.2. The fourth-order valence-corrected chi connectivity index (χ4v) is 2.80. The maximum absolute atomic E-state index is 12.2. The summed E-state index contributed by atoms with van der Waals surface area (Å²) >= 11 is 0. The highest BCUT2D eigenvalue weighted by atomic mass is 16.5. The Morgan fingerprint density at radius 1 is 0.857 bits per heavy atom. The van der Waals surface area contributed by atoms with Gasteiger partial charge < -0.3 is 20.1 Å². The smallest absolute Gasteiger partial charge is 0.239 e. The van der Waals surface area contributed by atoms with Gasteiger partial charge >= 0.3 is 0 Å².